The van der Waals surface area contributed by atoms with Crippen LogP contribution >= 0.6 is 0 Å². The van der Waals surface area contributed by atoms with Crippen LogP contribution in [0.1, 0.15) is 5.56 Å². The van der Waals surface area contributed by atoms with Crippen LogP contribution in [0.15, 0.2) is 54.6 Å². The molecule has 0 amide bonds. The maximum absolute atomic E-state index is 5.17. The molecule has 0 radical (unpaired) electrons. The Balaban J connectivity index is 1.86. The second-order valence-electron chi connectivity index (χ2n) is 3.70. The zero-order valence-electron chi connectivity index (χ0n) is 9.81. The Morgan fingerprint density at radius 2 is 1.82 bits per heavy atom. The van der Waals surface area contributed by atoms with Gasteiger partial charge in [-0.15, -0.1) is 0 Å². The Morgan fingerprint density at radius 1 is 1.00 bits per heavy atom. The SMILES string of the molecule is COc1cccc(CNNc2ccccc2)c1. The van der Waals surface area contributed by atoms with E-state index in [1.165, 1.54) is 5.56 Å². The highest BCUT2D eigenvalue weighted by atomic mass is 16.5. The van der Waals surface area contributed by atoms with Crippen molar-refractivity contribution in [2.75, 3.05) is 12.5 Å². The van der Waals surface area contributed by atoms with Gasteiger partial charge in [-0.1, -0.05) is 30.3 Å². The van der Waals surface area contributed by atoms with Crippen molar-refractivity contribution in [1.82, 2.24) is 5.43 Å². The molecule has 0 aliphatic rings. The van der Waals surface area contributed by atoms with Crippen LogP contribution in [0.5, 0.6) is 5.75 Å². The van der Waals surface area contributed by atoms with E-state index >= 15 is 0 Å². The standard InChI is InChI=1S/C14H16N2O/c1-17-14-9-5-6-12(10-14)11-15-16-13-7-3-2-4-8-13/h2-10,15-16H,11H2,1H3. The van der Waals surface area contributed by atoms with Crippen molar-refractivity contribution in [3.05, 3.63) is 60.2 Å². The number of methoxy groups -OCH3 is 1. The predicted octanol–water partition coefficient (Wildman–Crippen LogP) is 2.81. The number of nitrogens with one attached hydrogen (secondary N) is 2. The summed E-state index contributed by atoms with van der Waals surface area (Å²) >= 11 is 0. The lowest BCUT2D eigenvalue weighted by atomic mass is 10.2. The zero-order valence-corrected chi connectivity index (χ0v) is 9.81. The van der Waals surface area contributed by atoms with Crippen LogP contribution < -0.4 is 15.6 Å². The lowest BCUT2D eigenvalue weighted by molar-refractivity contribution is 0.414. The highest BCUT2D eigenvalue weighted by Crippen LogP contribution is 2.12. The Hall–Kier alpha value is -2.00. The van der Waals surface area contributed by atoms with Crippen LogP contribution in [0.2, 0.25) is 0 Å². The molecule has 0 unspecified atom stereocenters. The Morgan fingerprint density at radius 3 is 2.59 bits per heavy atom. The molecule has 2 N–H and O–H groups in total. The van der Waals surface area contributed by atoms with Crippen molar-refractivity contribution in [3.63, 3.8) is 0 Å². The summed E-state index contributed by atoms with van der Waals surface area (Å²) in [7, 11) is 1.68. The summed E-state index contributed by atoms with van der Waals surface area (Å²) in [6, 6.07) is 18.0. The number of hydrogen-bond donors (Lipinski definition) is 2. The predicted molar refractivity (Wildman–Crippen MR) is 69.9 cm³/mol. The van der Waals surface area contributed by atoms with Crippen molar-refractivity contribution < 1.29 is 4.74 Å². The summed E-state index contributed by atoms with van der Waals surface area (Å²) in [5.41, 5.74) is 8.53. The van der Waals surface area contributed by atoms with Crippen molar-refractivity contribution in [1.29, 1.82) is 0 Å². The number of hydrogen-bond acceptors (Lipinski definition) is 3. The molecular formula is C14H16N2O. The van der Waals surface area contributed by atoms with Crippen molar-refractivity contribution in [2.24, 2.45) is 0 Å². The Bertz CT molecular complexity index is 457. The van der Waals surface area contributed by atoms with Gasteiger partial charge in [0.1, 0.15) is 5.75 Å². The molecule has 3 nitrogen and oxygen atoms in total. The van der Waals surface area contributed by atoms with E-state index in [-0.39, 0.29) is 0 Å². The van der Waals surface area contributed by atoms with Gasteiger partial charge in [0.25, 0.3) is 0 Å². The van der Waals surface area contributed by atoms with E-state index in [1.54, 1.807) is 7.11 Å². The van der Waals surface area contributed by atoms with Gasteiger partial charge >= 0.3 is 0 Å². The van der Waals surface area contributed by atoms with Gasteiger partial charge in [0.15, 0.2) is 0 Å². The quantitative estimate of drug-likeness (QED) is 0.772. The first-order chi connectivity index (χ1) is 8.38. The number of ether oxygens (including phenoxy) is 1. The lowest BCUT2D eigenvalue weighted by Gasteiger charge is -2.09. The average molecular weight is 228 g/mol. The molecule has 0 spiro atoms. The third kappa shape index (κ3) is 3.50. The van der Waals surface area contributed by atoms with Crippen LogP contribution in [-0.2, 0) is 6.54 Å². The van der Waals surface area contributed by atoms with Gasteiger partial charge in [0.05, 0.1) is 7.11 Å². The highest BCUT2D eigenvalue weighted by molar-refractivity contribution is 5.41. The second kappa shape index (κ2) is 5.92. The summed E-state index contributed by atoms with van der Waals surface area (Å²) in [6.45, 7) is 0.742. The molecule has 17 heavy (non-hydrogen) atoms. The Kier molecular flexibility index (Phi) is 4.00. The largest absolute Gasteiger partial charge is 0.497 e. The summed E-state index contributed by atoms with van der Waals surface area (Å²) in [5, 5.41) is 0. The smallest absolute Gasteiger partial charge is 0.119 e. The summed E-state index contributed by atoms with van der Waals surface area (Å²) in [6.07, 6.45) is 0. The van der Waals surface area contributed by atoms with Crippen LogP contribution in [0.4, 0.5) is 5.69 Å². The van der Waals surface area contributed by atoms with E-state index in [1.807, 2.05) is 48.5 Å². The fourth-order valence-electron chi connectivity index (χ4n) is 1.55. The molecule has 2 aromatic carbocycles. The number of rotatable bonds is 5. The van der Waals surface area contributed by atoms with Crippen LogP contribution in [0.25, 0.3) is 0 Å². The van der Waals surface area contributed by atoms with Gasteiger partial charge in [-0.25, -0.2) is 5.43 Å². The fraction of sp³-hybridized carbons (Fsp3) is 0.143. The Labute approximate surface area is 101 Å². The van der Waals surface area contributed by atoms with Crippen LogP contribution in [0, 0.1) is 0 Å². The fourth-order valence-corrected chi connectivity index (χ4v) is 1.55. The minimum atomic E-state index is 0.742. The third-order valence-electron chi connectivity index (χ3n) is 2.43. The molecule has 0 heterocycles. The van der Waals surface area contributed by atoms with Crippen LogP contribution in [0.3, 0.4) is 0 Å². The number of para-hydroxylation sites is 1. The van der Waals surface area contributed by atoms with Crippen molar-refractivity contribution in [2.45, 2.75) is 6.54 Å². The van der Waals surface area contributed by atoms with Gasteiger partial charge < -0.3 is 10.2 Å². The number of benzene rings is 2. The molecule has 3 heteroatoms. The first kappa shape index (κ1) is 11.5. The number of hydrazine groups is 1. The zero-order chi connectivity index (χ0) is 11.9. The molecule has 88 valence electrons. The molecule has 2 rings (SSSR count). The molecule has 0 saturated carbocycles. The molecular weight excluding hydrogens is 212 g/mol. The lowest BCUT2D eigenvalue weighted by Crippen LogP contribution is -2.20. The molecule has 0 saturated heterocycles. The molecule has 0 aliphatic carbocycles. The molecule has 0 bridgehead atoms. The van der Waals surface area contributed by atoms with E-state index < -0.39 is 0 Å². The van der Waals surface area contributed by atoms with E-state index in [0.29, 0.717) is 0 Å². The first-order valence-corrected chi connectivity index (χ1v) is 5.55. The topological polar surface area (TPSA) is 33.3 Å². The summed E-state index contributed by atoms with van der Waals surface area (Å²) in [4.78, 5) is 0. The number of anilines is 1. The van der Waals surface area contributed by atoms with Gasteiger partial charge in [-0.05, 0) is 29.8 Å². The minimum absolute atomic E-state index is 0.742. The normalized spacial score (nSPS) is 9.94. The van der Waals surface area contributed by atoms with Gasteiger partial charge in [0, 0.05) is 12.2 Å². The molecule has 0 atom stereocenters. The molecule has 0 aromatic heterocycles. The summed E-state index contributed by atoms with van der Waals surface area (Å²) in [5.74, 6) is 0.879. The second-order valence-corrected chi connectivity index (χ2v) is 3.70. The van der Waals surface area contributed by atoms with E-state index in [2.05, 4.69) is 16.9 Å². The van der Waals surface area contributed by atoms with E-state index in [0.717, 1.165) is 18.0 Å². The van der Waals surface area contributed by atoms with Gasteiger partial charge in [-0.2, -0.15) is 0 Å². The maximum Gasteiger partial charge on any atom is 0.119 e. The monoisotopic (exact) mass is 228 g/mol. The highest BCUT2D eigenvalue weighted by Gasteiger charge is 1.95. The first-order valence-electron chi connectivity index (χ1n) is 5.55. The molecule has 0 aliphatic heterocycles. The van der Waals surface area contributed by atoms with Crippen molar-refractivity contribution >= 4 is 5.69 Å². The maximum atomic E-state index is 5.17. The van der Waals surface area contributed by atoms with Gasteiger partial charge in [0.2, 0.25) is 0 Å². The van der Waals surface area contributed by atoms with Crippen LogP contribution in [-0.4, -0.2) is 7.11 Å². The third-order valence-corrected chi connectivity index (χ3v) is 2.43. The minimum Gasteiger partial charge on any atom is -0.497 e. The van der Waals surface area contributed by atoms with E-state index in [4.69, 9.17) is 4.74 Å². The molecule has 2 aromatic rings. The van der Waals surface area contributed by atoms with E-state index in [9.17, 15) is 0 Å². The van der Waals surface area contributed by atoms with Gasteiger partial charge in [-0.3, -0.25) is 0 Å². The molecule has 0 fully saturated rings. The summed E-state index contributed by atoms with van der Waals surface area (Å²) < 4.78 is 5.17. The average Bonchev–Trinajstić information content (AvgIpc) is 2.40. The van der Waals surface area contributed by atoms with Crippen molar-refractivity contribution in [3.8, 4) is 5.75 Å².